The van der Waals surface area contributed by atoms with Crippen LogP contribution in [-0.2, 0) is 17.8 Å². The van der Waals surface area contributed by atoms with Crippen LogP contribution in [0.2, 0.25) is 0 Å². The van der Waals surface area contributed by atoms with Crippen molar-refractivity contribution >= 4 is 5.91 Å². The number of piperidine rings is 1. The summed E-state index contributed by atoms with van der Waals surface area (Å²) in [6, 6.07) is 10.1. The van der Waals surface area contributed by atoms with E-state index in [4.69, 9.17) is 4.74 Å². The lowest BCUT2D eigenvalue weighted by Crippen LogP contribution is -2.50. The zero-order valence-corrected chi connectivity index (χ0v) is 13.1. The SMILES string of the molecule is O=C([C@H]1Cc2ccccc2O1)N1CCCC[C@@H]1Cn1cccn1. The largest absolute Gasteiger partial charge is 0.480 e. The first-order valence-corrected chi connectivity index (χ1v) is 8.34. The fourth-order valence-electron chi connectivity index (χ4n) is 3.61. The molecule has 1 amide bonds. The molecule has 3 heterocycles. The van der Waals surface area contributed by atoms with Gasteiger partial charge in [0, 0.05) is 25.4 Å². The number of carbonyl (C=O) groups is 1. The van der Waals surface area contributed by atoms with Crippen LogP contribution >= 0.6 is 0 Å². The molecule has 2 aliphatic rings. The van der Waals surface area contributed by atoms with Crippen molar-refractivity contribution in [3.8, 4) is 5.75 Å². The fraction of sp³-hybridized carbons (Fsp3) is 0.444. The first-order valence-electron chi connectivity index (χ1n) is 8.34. The minimum Gasteiger partial charge on any atom is -0.480 e. The number of hydrogen-bond donors (Lipinski definition) is 0. The maximum Gasteiger partial charge on any atom is 0.264 e. The minimum atomic E-state index is -0.370. The van der Waals surface area contributed by atoms with Crippen LogP contribution in [0.5, 0.6) is 5.75 Å². The summed E-state index contributed by atoms with van der Waals surface area (Å²) in [6.45, 7) is 1.58. The molecule has 120 valence electrons. The maximum absolute atomic E-state index is 13.0. The Morgan fingerprint density at radius 1 is 1.26 bits per heavy atom. The fourth-order valence-corrected chi connectivity index (χ4v) is 3.61. The molecule has 0 aliphatic carbocycles. The molecule has 1 aromatic carbocycles. The Labute approximate surface area is 135 Å². The molecule has 1 fully saturated rings. The first kappa shape index (κ1) is 14.3. The Morgan fingerprint density at radius 3 is 3.00 bits per heavy atom. The number of carbonyl (C=O) groups excluding carboxylic acids is 1. The number of fused-ring (bicyclic) bond motifs is 1. The van der Waals surface area contributed by atoms with E-state index in [1.54, 1.807) is 6.20 Å². The summed E-state index contributed by atoms with van der Waals surface area (Å²) in [6.07, 6.45) is 7.32. The third-order valence-electron chi connectivity index (χ3n) is 4.79. The van der Waals surface area contributed by atoms with E-state index >= 15 is 0 Å². The second-order valence-corrected chi connectivity index (χ2v) is 6.33. The van der Waals surface area contributed by atoms with Crippen LogP contribution in [0.1, 0.15) is 24.8 Å². The van der Waals surface area contributed by atoms with E-state index in [1.165, 1.54) is 6.42 Å². The molecule has 23 heavy (non-hydrogen) atoms. The number of benzene rings is 1. The molecule has 0 spiro atoms. The predicted molar refractivity (Wildman–Crippen MR) is 86.1 cm³/mol. The van der Waals surface area contributed by atoms with Crippen molar-refractivity contribution in [2.45, 2.75) is 44.4 Å². The summed E-state index contributed by atoms with van der Waals surface area (Å²) in [7, 11) is 0. The number of nitrogens with zero attached hydrogens (tertiary/aromatic N) is 3. The average molecular weight is 311 g/mol. The highest BCUT2D eigenvalue weighted by atomic mass is 16.5. The van der Waals surface area contributed by atoms with E-state index in [0.717, 1.165) is 37.2 Å². The summed E-state index contributed by atoms with van der Waals surface area (Å²) in [5.41, 5.74) is 1.13. The third kappa shape index (κ3) is 2.83. The zero-order chi connectivity index (χ0) is 15.6. The first-order chi connectivity index (χ1) is 11.3. The number of amides is 1. The highest BCUT2D eigenvalue weighted by Crippen LogP contribution is 2.30. The normalized spacial score (nSPS) is 23.4. The molecule has 5 nitrogen and oxygen atoms in total. The van der Waals surface area contributed by atoms with Gasteiger partial charge < -0.3 is 9.64 Å². The van der Waals surface area contributed by atoms with Crippen LogP contribution in [0, 0.1) is 0 Å². The summed E-state index contributed by atoms with van der Waals surface area (Å²) < 4.78 is 7.81. The van der Waals surface area contributed by atoms with Crippen LogP contribution in [-0.4, -0.2) is 39.3 Å². The Bertz CT molecular complexity index is 658. The number of rotatable bonds is 3. The molecule has 1 aromatic heterocycles. The summed E-state index contributed by atoms with van der Waals surface area (Å²) in [4.78, 5) is 15.0. The molecular formula is C18H21N3O2. The number of ether oxygens (including phenoxy) is 1. The Hall–Kier alpha value is -2.30. The molecule has 0 N–H and O–H groups in total. The van der Waals surface area contributed by atoms with Crippen LogP contribution in [0.25, 0.3) is 0 Å². The van der Waals surface area contributed by atoms with E-state index in [9.17, 15) is 4.79 Å². The van der Waals surface area contributed by atoms with Gasteiger partial charge >= 0.3 is 0 Å². The van der Waals surface area contributed by atoms with Gasteiger partial charge in [0.05, 0.1) is 12.6 Å². The lowest BCUT2D eigenvalue weighted by atomic mass is 10.0. The molecule has 0 radical (unpaired) electrons. The number of para-hydroxylation sites is 1. The summed E-state index contributed by atoms with van der Waals surface area (Å²) in [5.74, 6) is 0.976. The van der Waals surface area contributed by atoms with Gasteiger partial charge in [-0.3, -0.25) is 9.48 Å². The molecule has 0 bridgehead atoms. The summed E-state index contributed by atoms with van der Waals surface area (Å²) >= 11 is 0. The number of hydrogen-bond acceptors (Lipinski definition) is 3. The topological polar surface area (TPSA) is 47.4 Å². The maximum atomic E-state index is 13.0. The molecule has 2 atom stereocenters. The van der Waals surface area contributed by atoms with Gasteiger partial charge in [-0.1, -0.05) is 18.2 Å². The molecule has 5 heteroatoms. The lowest BCUT2D eigenvalue weighted by molar-refractivity contribution is -0.142. The second kappa shape index (κ2) is 6.07. The van der Waals surface area contributed by atoms with E-state index < -0.39 is 0 Å². The monoisotopic (exact) mass is 311 g/mol. The van der Waals surface area contributed by atoms with Crippen LogP contribution in [0.15, 0.2) is 42.7 Å². The van der Waals surface area contributed by atoms with Crippen molar-refractivity contribution in [2.75, 3.05) is 6.54 Å². The van der Waals surface area contributed by atoms with Gasteiger partial charge in [0.2, 0.25) is 0 Å². The van der Waals surface area contributed by atoms with Crippen LogP contribution in [0.4, 0.5) is 0 Å². The standard InChI is InChI=1S/C18H21N3O2/c22-18(17-12-14-6-1-2-8-16(14)23-17)21-11-4-3-7-15(21)13-20-10-5-9-19-20/h1-2,5-6,8-10,15,17H,3-4,7,11-13H2/t15-,17-/m1/s1. The quantitative estimate of drug-likeness (QED) is 0.873. The number of likely N-dealkylation sites (tertiary alicyclic amines) is 1. The molecule has 2 aromatic rings. The van der Waals surface area contributed by atoms with Crippen molar-refractivity contribution in [3.63, 3.8) is 0 Å². The van der Waals surface area contributed by atoms with Gasteiger partial charge in [0.15, 0.2) is 6.10 Å². The van der Waals surface area contributed by atoms with Crippen LogP contribution in [0.3, 0.4) is 0 Å². The smallest absolute Gasteiger partial charge is 0.264 e. The van der Waals surface area contributed by atoms with Gasteiger partial charge in [-0.05, 0) is 37.0 Å². The molecule has 0 unspecified atom stereocenters. The van der Waals surface area contributed by atoms with Crippen molar-refractivity contribution in [2.24, 2.45) is 0 Å². The van der Waals surface area contributed by atoms with Crippen molar-refractivity contribution in [1.82, 2.24) is 14.7 Å². The van der Waals surface area contributed by atoms with Gasteiger partial charge in [0.1, 0.15) is 5.75 Å². The summed E-state index contributed by atoms with van der Waals surface area (Å²) in [5, 5.41) is 4.28. The highest BCUT2D eigenvalue weighted by molar-refractivity contribution is 5.83. The Balaban J connectivity index is 1.48. The van der Waals surface area contributed by atoms with Gasteiger partial charge in [0.25, 0.3) is 5.91 Å². The van der Waals surface area contributed by atoms with E-state index in [0.29, 0.717) is 6.42 Å². The molecule has 4 rings (SSSR count). The van der Waals surface area contributed by atoms with E-state index in [-0.39, 0.29) is 18.1 Å². The average Bonchev–Trinajstić information content (AvgIpc) is 3.23. The van der Waals surface area contributed by atoms with Crippen molar-refractivity contribution in [1.29, 1.82) is 0 Å². The van der Waals surface area contributed by atoms with Gasteiger partial charge in [-0.25, -0.2) is 0 Å². The third-order valence-corrected chi connectivity index (χ3v) is 4.79. The van der Waals surface area contributed by atoms with Gasteiger partial charge in [-0.2, -0.15) is 5.10 Å². The predicted octanol–water partition coefficient (Wildman–Crippen LogP) is 2.27. The number of aromatic nitrogens is 2. The highest BCUT2D eigenvalue weighted by Gasteiger charge is 2.36. The molecular weight excluding hydrogens is 290 g/mol. The van der Waals surface area contributed by atoms with Crippen molar-refractivity contribution in [3.05, 3.63) is 48.3 Å². The van der Waals surface area contributed by atoms with Crippen LogP contribution < -0.4 is 4.74 Å². The Morgan fingerprint density at radius 2 is 2.17 bits per heavy atom. The van der Waals surface area contributed by atoms with Gasteiger partial charge in [-0.15, -0.1) is 0 Å². The zero-order valence-electron chi connectivity index (χ0n) is 13.1. The molecule has 1 saturated heterocycles. The second-order valence-electron chi connectivity index (χ2n) is 6.33. The molecule has 0 saturated carbocycles. The molecule has 2 aliphatic heterocycles. The van der Waals surface area contributed by atoms with Crippen molar-refractivity contribution < 1.29 is 9.53 Å². The lowest BCUT2D eigenvalue weighted by Gasteiger charge is -2.37. The minimum absolute atomic E-state index is 0.123. The van der Waals surface area contributed by atoms with E-state index in [2.05, 4.69) is 5.10 Å². The Kier molecular flexibility index (Phi) is 3.77. The van der Waals surface area contributed by atoms with E-state index in [1.807, 2.05) is 46.1 Å².